The molecule has 1 N–H and O–H groups in total. The first-order chi connectivity index (χ1) is 19.3. The lowest BCUT2D eigenvalue weighted by molar-refractivity contribution is 0.186. The molecular weight excluding hydrogens is 510 g/mol. The number of methoxy groups -OCH3 is 3. The number of nitrogens with zero attached hydrogens (tertiary/aromatic N) is 6. The van der Waals surface area contributed by atoms with E-state index in [9.17, 15) is 4.79 Å². The van der Waals surface area contributed by atoms with E-state index in [1.165, 1.54) is 0 Å². The van der Waals surface area contributed by atoms with Crippen molar-refractivity contribution in [2.24, 2.45) is 0 Å². The number of anilines is 1. The van der Waals surface area contributed by atoms with Crippen LogP contribution in [0.4, 0.5) is 5.69 Å². The normalized spacial score (nSPS) is 15.3. The first kappa shape index (κ1) is 27.4. The molecule has 212 valence electrons. The van der Waals surface area contributed by atoms with Crippen molar-refractivity contribution < 1.29 is 14.2 Å². The molecule has 0 bridgehead atoms. The SMILES string of the molecule is CCC(C)(C)n1nnnc1C(c1cc2cc(OC)c(OC)cc2[nH]c1=O)N1CCN(c2cccc(OC)c2)CC1. The number of aromatic nitrogens is 5. The van der Waals surface area contributed by atoms with Crippen LogP contribution in [0.1, 0.15) is 44.6 Å². The maximum atomic E-state index is 13.7. The van der Waals surface area contributed by atoms with Gasteiger partial charge < -0.3 is 24.1 Å². The zero-order valence-corrected chi connectivity index (χ0v) is 24.0. The maximum Gasteiger partial charge on any atom is 0.253 e. The Balaban J connectivity index is 1.57. The van der Waals surface area contributed by atoms with Crippen LogP contribution >= 0.6 is 0 Å². The highest BCUT2D eigenvalue weighted by Gasteiger charge is 2.36. The fourth-order valence-corrected chi connectivity index (χ4v) is 5.24. The van der Waals surface area contributed by atoms with E-state index >= 15 is 0 Å². The zero-order chi connectivity index (χ0) is 28.4. The van der Waals surface area contributed by atoms with E-state index in [4.69, 9.17) is 14.2 Å². The van der Waals surface area contributed by atoms with Gasteiger partial charge in [-0.2, -0.15) is 0 Å². The van der Waals surface area contributed by atoms with Gasteiger partial charge in [-0.15, -0.1) is 5.10 Å². The van der Waals surface area contributed by atoms with Crippen LogP contribution in [0, 0.1) is 0 Å². The summed E-state index contributed by atoms with van der Waals surface area (Å²) in [7, 11) is 4.85. The summed E-state index contributed by atoms with van der Waals surface area (Å²) in [6.07, 6.45) is 0.826. The highest BCUT2D eigenvalue weighted by molar-refractivity contribution is 5.83. The Hall–Kier alpha value is -4.12. The van der Waals surface area contributed by atoms with Crippen LogP contribution in [0.5, 0.6) is 17.2 Å². The number of nitrogens with one attached hydrogen (secondary N) is 1. The van der Waals surface area contributed by atoms with Crippen molar-refractivity contribution in [3.05, 3.63) is 64.2 Å². The fourth-order valence-electron chi connectivity index (χ4n) is 5.24. The molecule has 0 spiro atoms. The summed E-state index contributed by atoms with van der Waals surface area (Å²) in [6.45, 7) is 9.29. The molecule has 1 fully saturated rings. The zero-order valence-electron chi connectivity index (χ0n) is 24.0. The topological polar surface area (TPSA) is 111 Å². The summed E-state index contributed by atoms with van der Waals surface area (Å²) >= 11 is 0. The smallest absolute Gasteiger partial charge is 0.253 e. The molecule has 40 heavy (non-hydrogen) atoms. The molecule has 0 radical (unpaired) electrons. The van der Waals surface area contributed by atoms with Crippen molar-refractivity contribution in [3.8, 4) is 17.2 Å². The molecular formula is C29H37N7O4. The molecule has 11 nitrogen and oxygen atoms in total. The number of benzene rings is 2. The Morgan fingerprint density at radius 2 is 1.70 bits per heavy atom. The van der Waals surface area contributed by atoms with Crippen LogP contribution in [-0.4, -0.2) is 77.6 Å². The van der Waals surface area contributed by atoms with Gasteiger partial charge in [0.15, 0.2) is 17.3 Å². The largest absolute Gasteiger partial charge is 0.497 e. The number of piperazine rings is 1. The van der Waals surface area contributed by atoms with E-state index in [-0.39, 0.29) is 11.1 Å². The van der Waals surface area contributed by atoms with Crippen LogP contribution in [0.3, 0.4) is 0 Å². The first-order valence-corrected chi connectivity index (χ1v) is 13.5. The van der Waals surface area contributed by atoms with E-state index in [0.717, 1.165) is 36.3 Å². The molecule has 2 aromatic carbocycles. The summed E-state index contributed by atoms with van der Waals surface area (Å²) in [5.74, 6) is 2.62. The number of ether oxygens (including phenoxy) is 3. The molecule has 1 saturated heterocycles. The molecule has 4 aromatic rings. The Morgan fingerprint density at radius 3 is 2.38 bits per heavy atom. The van der Waals surface area contributed by atoms with Crippen molar-refractivity contribution in [2.45, 2.75) is 38.8 Å². The lowest BCUT2D eigenvalue weighted by Gasteiger charge is -2.40. The van der Waals surface area contributed by atoms with Crippen LogP contribution < -0.4 is 24.7 Å². The number of H-pyrrole nitrogens is 1. The van der Waals surface area contributed by atoms with Crippen LogP contribution in [0.25, 0.3) is 10.9 Å². The number of hydrogen-bond donors (Lipinski definition) is 1. The molecule has 1 atom stereocenters. The van der Waals surface area contributed by atoms with Gasteiger partial charge in [0.1, 0.15) is 11.8 Å². The van der Waals surface area contributed by atoms with E-state index in [1.807, 2.05) is 35.0 Å². The van der Waals surface area contributed by atoms with Crippen molar-refractivity contribution in [2.75, 3.05) is 52.4 Å². The summed E-state index contributed by atoms with van der Waals surface area (Å²) < 4.78 is 18.3. The van der Waals surface area contributed by atoms with Gasteiger partial charge in [-0.25, -0.2) is 4.68 Å². The average molecular weight is 548 g/mol. The lowest BCUT2D eigenvalue weighted by atomic mass is 9.98. The van der Waals surface area contributed by atoms with Gasteiger partial charge in [0.25, 0.3) is 5.56 Å². The molecule has 3 heterocycles. The molecule has 2 aromatic heterocycles. The van der Waals surface area contributed by atoms with E-state index in [2.05, 4.69) is 57.1 Å². The highest BCUT2D eigenvalue weighted by Crippen LogP contribution is 2.35. The average Bonchev–Trinajstić information content (AvgIpc) is 3.48. The van der Waals surface area contributed by atoms with Crippen molar-refractivity contribution in [1.29, 1.82) is 0 Å². The molecule has 1 aliphatic heterocycles. The molecule has 0 aliphatic carbocycles. The van der Waals surface area contributed by atoms with Gasteiger partial charge in [0.2, 0.25) is 0 Å². The van der Waals surface area contributed by atoms with Gasteiger partial charge in [-0.05, 0) is 55.0 Å². The van der Waals surface area contributed by atoms with Gasteiger partial charge >= 0.3 is 0 Å². The summed E-state index contributed by atoms with van der Waals surface area (Å²) in [5.41, 5.74) is 1.83. The molecule has 0 amide bonds. The lowest BCUT2D eigenvalue weighted by Crippen LogP contribution is -2.49. The Labute approximate surface area is 233 Å². The van der Waals surface area contributed by atoms with Crippen LogP contribution in [0.15, 0.2) is 47.3 Å². The van der Waals surface area contributed by atoms with Crippen LogP contribution in [-0.2, 0) is 5.54 Å². The van der Waals surface area contributed by atoms with Crippen molar-refractivity contribution >= 4 is 16.6 Å². The van der Waals surface area contributed by atoms with Gasteiger partial charge in [0, 0.05) is 54.9 Å². The third-order valence-electron chi connectivity index (χ3n) is 7.95. The predicted molar refractivity (Wildman–Crippen MR) is 154 cm³/mol. The minimum Gasteiger partial charge on any atom is -0.497 e. The van der Waals surface area contributed by atoms with E-state index in [1.54, 1.807) is 27.4 Å². The second-order valence-electron chi connectivity index (χ2n) is 10.6. The Morgan fingerprint density at radius 1 is 0.975 bits per heavy atom. The minimum absolute atomic E-state index is 0.191. The third kappa shape index (κ3) is 5.08. The molecule has 1 aliphatic rings. The van der Waals surface area contributed by atoms with Crippen molar-refractivity contribution in [3.63, 3.8) is 0 Å². The molecule has 0 saturated carbocycles. The maximum absolute atomic E-state index is 13.7. The van der Waals surface area contributed by atoms with Crippen molar-refractivity contribution in [1.82, 2.24) is 30.1 Å². The highest BCUT2D eigenvalue weighted by atomic mass is 16.5. The Kier molecular flexibility index (Phi) is 7.66. The number of pyridine rings is 1. The second-order valence-corrected chi connectivity index (χ2v) is 10.6. The molecule has 5 rings (SSSR count). The summed E-state index contributed by atoms with van der Waals surface area (Å²) in [6, 6.07) is 13.2. The van der Waals surface area contributed by atoms with Gasteiger partial charge in [-0.3, -0.25) is 9.69 Å². The standard InChI is InChI=1S/C29H37N7O4/c1-7-29(2,3)36-27(31-32-33-36)26(35-13-11-34(12-14-35)20-9-8-10-21(17-20)38-4)22-15-19-16-24(39-5)25(40-6)18-23(19)30-28(22)37/h8-10,15-18,26H,7,11-14H2,1-6H3,(H,30,37). The molecule has 11 heteroatoms. The number of aromatic amines is 1. The second kappa shape index (κ2) is 11.2. The predicted octanol–water partition coefficient (Wildman–Crippen LogP) is 3.60. The first-order valence-electron chi connectivity index (χ1n) is 13.5. The third-order valence-corrected chi connectivity index (χ3v) is 7.95. The van der Waals surface area contributed by atoms with E-state index < -0.39 is 6.04 Å². The fraction of sp³-hybridized carbons (Fsp3) is 0.448. The number of hydrogen-bond acceptors (Lipinski definition) is 9. The summed E-state index contributed by atoms with van der Waals surface area (Å²) in [5, 5.41) is 13.8. The monoisotopic (exact) mass is 547 g/mol. The minimum atomic E-state index is -0.450. The Bertz CT molecular complexity index is 1540. The number of rotatable bonds is 9. The van der Waals surface area contributed by atoms with Gasteiger partial charge in [-0.1, -0.05) is 13.0 Å². The van der Waals surface area contributed by atoms with Crippen LogP contribution in [0.2, 0.25) is 0 Å². The number of fused-ring (bicyclic) bond motifs is 1. The van der Waals surface area contributed by atoms with E-state index in [0.29, 0.717) is 41.5 Å². The molecule has 1 unspecified atom stereocenters. The van der Waals surface area contributed by atoms with Gasteiger partial charge in [0.05, 0.1) is 32.4 Å². The summed E-state index contributed by atoms with van der Waals surface area (Å²) in [4.78, 5) is 21.4. The quantitative estimate of drug-likeness (QED) is 0.336. The number of tetrazole rings is 1.